The predicted molar refractivity (Wildman–Crippen MR) is 78.2 cm³/mol. The maximum atomic E-state index is 12.3. The van der Waals surface area contributed by atoms with Gasteiger partial charge in [0.05, 0.1) is 6.42 Å². The minimum Gasteiger partial charge on any atom is -0.508 e. The fraction of sp³-hybridized carbons (Fsp3) is 0.125. The number of carbonyl (C=O) groups is 2. The average molecular weight is 285 g/mol. The van der Waals surface area contributed by atoms with Crippen LogP contribution in [0.2, 0.25) is 0 Å². The van der Waals surface area contributed by atoms with Gasteiger partial charge in [0.25, 0.3) is 0 Å². The number of carbonyl (C=O) groups excluding carboxylic acids is 1. The van der Waals surface area contributed by atoms with Crippen molar-refractivity contribution in [1.82, 2.24) is 0 Å². The lowest BCUT2D eigenvalue weighted by molar-refractivity contribution is -0.136. The zero-order valence-electron chi connectivity index (χ0n) is 11.3. The summed E-state index contributed by atoms with van der Waals surface area (Å²) in [5.41, 5.74) is 1.26. The van der Waals surface area contributed by atoms with Gasteiger partial charge in [0.2, 0.25) is 5.91 Å². The van der Waals surface area contributed by atoms with E-state index in [1.165, 1.54) is 17.0 Å². The number of phenols is 1. The number of rotatable bonds is 5. The first-order valence-corrected chi connectivity index (χ1v) is 6.41. The number of benzene rings is 2. The van der Waals surface area contributed by atoms with E-state index in [1.54, 1.807) is 42.5 Å². The average Bonchev–Trinajstić information content (AvgIpc) is 2.48. The van der Waals surface area contributed by atoms with Crippen LogP contribution in [0.1, 0.15) is 5.56 Å². The molecule has 5 heteroatoms. The highest BCUT2D eigenvalue weighted by atomic mass is 16.4. The molecule has 0 aromatic heterocycles. The van der Waals surface area contributed by atoms with Gasteiger partial charge in [-0.1, -0.05) is 30.3 Å². The van der Waals surface area contributed by atoms with Crippen molar-refractivity contribution in [2.45, 2.75) is 6.42 Å². The SMILES string of the molecule is O=C(O)CN(C(=O)Cc1ccc(O)cc1)c1ccccc1. The number of amides is 1. The molecule has 0 heterocycles. The standard InChI is InChI=1S/C16H15NO4/c18-14-8-6-12(7-9-14)10-15(19)17(11-16(20)21)13-4-2-1-3-5-13/h1-9,18H,10-11H2,(H,20,21). The molecule has 2 rings (SSSR count). The molecule has 2 N–H and O–H groups in total. The Morgan fingerprint density at radius 3 is 2.14 bits per heavy atom. The highest BCUT2D eigenvalue weighted by Gasteiger charge is 2.18. The number of hydrogen-bond donors (Lipinski definition) is 2. The molecule has 0 aliphatic rings. The maximum absolute atomic E-state index is 12.3. The van der Waals surface area contributed by atoms with E-state index in [0.717, 1.165) is 0 Å². The Morgan fingerprint density at radius 2 is 1.57 bits per heavy atom. The number of hydrogen-bond acceptors (Lipinski definition) is 3. The summed E-state index contributed by atoms with van der Waals surface area (Å²) < 4.78 is 0. The number of phenolic OH excluding ortho intramolecular Hbond substituents is 1. The number of aromatic hydroxyl groups is 1. The van der Waals surface area contributed by atoms with Crippen molar-refractivity contribution >= 4 is 17.6 Å². The molecule has 0 spiro atoms. The summed E-state index contributed by atoms with van der Waals surface area (Å²) in [5, 5.41) is 18.2. The van der Waals surface area contributed by atoms with Gasteiger partial charge in [0.1, 0.15) is 12.3 Å². The highest BCUT2D eigenvalue weighted by Crippen LogP contribution is 2.16. The molecule has 0 saturated heterocycles. The zero-order chi connectivity index (χ0) is 15.2. The first-order chi connectivity index (χ1) is 10.1. The van der Waals surface area contributed by atoms with Crippen LogP contribution in [0, 0.1) is 0 Å². The second kappa shape index (κ2) is 6.56. The summed E-state index contributed by atoms with van der Waals surface area (Å²) in [6.07, 6.45) is 0.0719. The van der Waals surface area contributed by atoms with E-state index >= 15 is 0 Å². The fourth-order valence-electron chi connectivity index (χ4n) is 1.95. The Kier molecular flexibility index (Phi) is 4.56. The third kappa shape index (κ3) is 4.07. The lowest BCUT2D eigenvalue weighted by Crippen LogP contribution is -2.36. The van der Waals surface area contributed by atoms with Gasteiger partial charge in [-0.2, -0.15) is 0 Å². The van der Waals surface area contributed by atoms with Crippen LogP contribution < -0.4 is 4.90 Å². The van der Waals surface area contributed by atoms with Gasteiger partial charge in [-0.25, -0.2) is 0 Å². The first-order valence-electron chi connectivity index (χ1n) is 6.41. The number of anilines is 1. The number of carboxylic acids is 1. The van der Waals surface area contributed by atoms with Crippen molar-refractivity contribution < 1.29 is 19.8 Å². The van der Waals surface area contributed by atoms with E-state index in [-0.39, 0.29) is 24.6 Å². The number of para-hydroxylation sites is 1. The van der Waals surface area contributed by atoms with Crippen molar-refractivity contribution in [2.24, 2.45) is 0 Å². The molecule has 108 valence electrons. The molecule has 0 aliphatic heterocycles. The molecule has 0 saturated carbocycles. The van der Waals surface area contributed by atoms with Crippen molar-refractivity contribution in [2.75, 3.05) is 11.4 Å². The van der Waals surface area contributed by atoms with E-state index < -0.39 is 5.97 Å². The minimum atomic E-state index is -1.07. The summed E-state index contributed by atoms with van der Waals surface area (Å²) in [4.78, 5) is 24.5. The van der Waals surface area contributed by atoms with Crippen LogP contribution in [0.5, 0.6) is 5.75 Å². The Morgan fingerprint density at radius 1 is 0.952 bits per heavy atom. The molecule has 0 radical (unpaired) electrons. The van der Waals surface area contributed by atoms with Crippen LogP contribution in [-0.2, 0) is 16.0 Å². The predicted octanol–water partition coefficient (Wildman–Crippen LogP) is 2.05. The molecule has 2 aromatic carbocycles. The van der Waals surface area contributed by atoms with Crippen molar-refractivity contribution in [1.29, 1.82) is 0 Å². The Hall–Kier alpha value is -2.82. The van der Waals surface area contributed by atoms with Crippen LogP contribution in [0.15, 0.2) is 54.6 Å². The van der Waals surface area contributed by atoms with E-state index in [2.05, 4.69) is 0 Å². The lowest BCUT2D eigenvalue weighted by atomic mass is 10.1. The largest absolute Gasteiger partial charge is 0.508 e. The van der Waals surface area contributed by atoms with Gasteiger partial charge in [0.15, 0.2) is 0 Å². The van der Waals surface area contributed by atoms with Gasteiger partial charge in [-0.3, -0.25) is 9.59 Å². The molecule has 0 bridgehead atoms. The number of carboxylic acid groups (broad SMARTS) is 1. The zero-order valence-corrected chi connectivity index (χ0v) is 11.3. The van der Waals surface area contributed by atoms with E-state index in [1.807, 2.05) is 0 Å². The first kappa shape index (κ1) is 14.6. The fourth-order valence-corrected chi connectivity index (χ4v) is 1.95. The second-order valence-corrected chi connectivity index (χ2v) is 4.55. The molecule has 0 atom stereocenters. The summed E-state index contributed by atoms with van der Waals surface area (Å²) in [5.74, 6) is -1.26. The van der Waals surface area contributed by atoms with Gasteiger partial charge in [0, 0.05) is 5.69 Å². The molecule has 2 aromatic rings. The molecular weight excluding hydrogens is 270 g/mol. The van der Waals surface area contributed by atoms with Crippen molar-refractivity contribution in [3.63, 3.8) is 0 Å². The second-order valence-electron chi connectivity index (χ2n) is 4.55. The van der Waals surface area contributed by atoms with Crippen molar-refractivity contribution in [3.05, 3.63) is 60.2 Å². The highest BCUT2D eigenvalue weighted by molar-refractivity contribution is 5.98. The van der Waals surface area contributed by atoms with E-state index in [9.17, 15) is 14.7 Å². The lowest BCUT2D eigenvalue weighted by Gasteiger charge is -2.21. The third-order valence-corrected chi connectivity index (χ3v) is 2.95. The molecule has 1 amide bonds. The van der Waals surface area contributed by atoms with Gasteiger partial charge in [-0.05, 0) is 29.8 Å². The number of aliphatic carboxylic acids is 1. The van der Waals surface area contributed by atoms with E-state index in [4.69, 9.17) is 5.11 Å². The topological polar surface area (TPSA) is 77.8 Å². The quantitative estimate of drug-likeness (QED) is 0.881. The van der Waals surface area contributed by atoms with Crippen LogP contribution in [0.3, 0.4) is 0 Å². The molecule has 5 nitrogen and oxygen atoms in total. The van der Waals surface area contributed by atoms with Crippen LogP contribution in [0.4, 0.5) is 5.69 Å². The van der Waals surface area contributed by atoms with Gasteiger partial charge in [-0.15, -0.1) is 0 Å². The number of nitrogens with zero attached hydrogens (tertiary/aromatic N) is 1. The monoisotopic (exact) mass is 285 g/mol. The normalized spacial score (nSPS) is 10.1. The molecule has 21 heavy (non-hydrogen) atoms. The van der Waals surface area contributed by atoms with E-state index in [0.29, 0.717) is 11.3 Å². The van der Waals surface area contributed by atoms with Crippen LogP contribution in [0.25, 0.3) is 0 Å². The third-order valence-electron chi connectivity index (χ3n) is 2.95. The van der Waals surface area contributed by atoms with Gasteiger partial charge < -0.3 is 15.1 Å². The van der Waals surface area contributed by atoms with Crippen LogP contribution in [-0.4, -0.2) is 28.6 Å². The van der Waals surface area contributed by atoms with Crippen LogP contribution >= 0.6 is 0 Å². The summed E-state index contributed by atoms with van der Waals surface area (Å²) in [6, 6.07) is 14.9. The van der Waals surface area contributed by atoms with Gasteiger partial charge >= 0.3 is 5.97 Å². The summed E-state index contributed by atoms with van der Waals surface area (Å²) in [7, 11) is 0. The molecular formula is C16H15NO4. The Balaban J connectivity index is 2.18. The molecule has 0 aliphatic carbocycles. The Bertz CT molecular complexity index is 622. The minimum absolute atomic E-state index is 0.0719. The summed E-state index contributed by atoms with van der Waals surface area (Å²) >= 11 is 0. The molecule has 0 unspecified atom stereocenters. The Labute approximate surface area is 122 Å². The van der Waals surface area contributed by atoms with Crippen molar-refractivity contribution in [3.8, 4) is 5.75 Å². The molecule has 0 fully saturated rings. The maximum Gasteiger partial charge on any atom is 0.323 e. The summed E-state index contributed by atoms with van der Waals surface area (Å²) in [6.45, 7) is -0.388. The smallest absolute Gasteiger partial charge is 0.323 e.